The van der Waals surface area contributed by atoms with Crippen LogP contribution in [0.1, 0.15) is 21.5 Å². The largest absolute Gasteiger partial charge is 0.478 e. The lowest BCUT2D eigenvalue weighted by molar-refractivity contribution is -0.137. The van der Waals surface area contributed by atoms with Crippen molar-refractivity contribution in [1.29, 1.82) is 0 Å². The van der Waals surface area contributed by atoms with E-state index in [9.17, 15) is 31.5 Å². The fourth-order valence-electron chi connectivity index (χ4n) is 2.09. The van der Waals surface area contributed by atoms with Gasteiger partial charge in [-0.3, -0.25) is 0 Å². The van der Waals surface area contributed by atoms with E-state index in [0.29, 0.717) is 10.5 Å². The van der Waals surface area contributed by atoms with Crippen LogP contribution in [-0.4, -0.2) is 37.9 Å². The summed E-state index contributed by atoms with van der Waals surface area (Å²) in [6.07, 6.45) is -4.42. The Balaban J connectivity index is 2.28. The van der Waals surface area contributed by atoms with Gasteiger partial charge in [0.15, 0.2) is 0 Å². The Kier molecular flexibility index (Phi) is 6.23. The Hall–Kier alpha value is -2.04. The van der Waals surface area contributed by atoms with E-state index in [4.69, 9.17) is 0 Å². The van der Waals surface area contributed by atoms with E-state index in [1.54, 1.807) is 0 Å². The molecule has 0 atom stereocenters. The van der Waals surface area contributed by atoms with Gasteiger partial charge in [-0.25, -0.2) is 17.5 Å². The average Bonchev–Trinajstić information content (AvgIpc) is 2.59. The minimum atomic E-state index is -4.42. The molecule has 0 bridgehead atoms. The van der Waals surface area contributed by atoms with Crippen LogP contribution in [-0.2, 0) is 22.0 Å². The van der Waals surface area contributed by atoms with Gasteiger partial charge >= 0.3 is 12.1 Å². The highest BCUT2D eigenvalue weighted by Gasteiger charge is 2.29. The second-order valence-corrected chi connectivity index (χ2v) is 8.97. The fraction of sp³-hybridized carbons (Fsp3) is 0.235. The monoisotopic (exact) mass is 419 g/mol. The maximum absolute atomic E-state index is 12.6. The molecule has 1 N–H and O–H groups in total. The Morgan fingerprint density at radius 2 is 1.70 bits per heavy atom. The van der Waals surface area contributed by atoms with E-state index in [1.807, 2.05) is 0 Å². The van der Waals surface area contributed by atoms with Gasteiger partial charge in [-0.15, -0.1) is 11.8 Å². The van der Waals surface area contributed by atoms with E-state index in [1.165, 1.54) is 38.4 Å². The Morgan fingerprint density at radius 1 is 1.11 bits per heavy atom. The van der Waals surface area contributed by atoms with E-state index in [2.05, 4.69) is 0 Å². The molecule has 27 heavy (non-hydrogen) atoms. The Bertz CT molecular complexity index is 940. The highest BCUT2D eigenvalue weighted by Crippen LogP contribution is 2.31. The molecule has 0 heterocycles. The number of sulfonamides is 1. The predicted octanol–water partition coefficient (Wildman–Crippen LogP) is 3.95. The van der Waals surface area contributed by atoms with Gasteiger partial charge in [-0.2, -0.15) is 13.2 Å². The number of rotatable bonds is 6. The maximum Gasteiger partial charge on any atom is 0.416 e. The highest BCUT2D eigenvalue weighted by atomic mass is 32.2. The van der Waals surface area contributed by atoms with Gasteiger partial charge in [0.2, 0.25) is 10.0 Å². The summed E-state index contributed by atoms with van der Waals surface area (Å²) >= 11 is 1.13. The third kappa shape index (κ3) is 5.24. The molecule has 2 aromatic rings. The van der Waals surface area contributed by atoms with Crippen molar-refractivity contribution in [3.63, 3.8) is 0 Å². The number of hydrogen-bond acceptors (Lipinski definition) is 4. The molecule has 146 valence electrons. The number of halogens is 3. The van der Waals surface area contributed by atoms with Crippen molar-refractivity contribution in [1.82, 2.24) is 4.31 Å². The van der Waals surface area contributed by atoms with Gasteiger partial charge in [-0.05, 0) is 35.9 Å². The quantitative estimate of drug-likeness (QED) is 0.718. The van der Waals surface area contributed by atoms with Crippen LogP contribution in [0.4, 0.5) is 13.2 Å². The van der Waals surface area contributed by atoms with Crippen molar-refractivity contribution >= 4 is 27.8 Å². The van der Waals surface area contributed by atoms with Gasteiger partial charge in [0.1, 0.15) is 0 Å². The minimum Gasteiger partial charge on any atom is -0.478 e. The van der Waals surface area contributed by atoms with Gasteiger partial charge in [0.05, 0.1) is 16.0 Å². The first-order chi connectivity index (χ1) is 12.4. The molecule has 0 aliphatic heterocycles. The van der Waals surface area contributed by atoms with E-state index in [0.717, 1.165) is 34.3 Å². The summed E-state index contributed by atoms with van der Waals surface area (Å²) in [5.41, 5.74) is -0.359. The number of nitrogens with zero attached hydrogens (tertiary/aromatic N) is 1. The Morgan fingerprint density at radius 3 is 2.19 bits per heavy atom. The number of alkyl halides is 3. The lowest BCUT2D eigenvalue weighted by Crippen LogP contribution is -2.22. The van der Waals surface area contributed by atoms with Crippen LogP contribution >= 0.6 is 11.8 Å². The fourth-order valence-corrected chi connectivity index (χ4v) is 4.09. The lowest BCUT2D eigenvalue weighted by Gasteiger charge is -2.13. The summed E-state index contributed by atoms with van der Waals surface area (Å²) in [4.78, 5) is 11.5. The van der Waals surface area contributed by atoms with Crippen LogP contribution in [0.15, 0.2) is 52.3 Å². The van der Waals surface area contributed by atoms with Crippen LogP contribution in [0.3, 0.4) is 0 Å². The third-order valence-corrected chi connectivity index (χ3v) is 6.43. The molecule has 5 nitrogen and oxygen atoms in total. The first-order valence-electron chi connectivity index (χ1n) is 7.51. The Labute approximate surface area is 158 Å². The number of benzene rings is 2. The zero-order valence-electron chi connectivity index (χ0n) is 14.3. The normalized spacial score (nSPS) is 12.4. The zero-order chi connectivity index (χ0) is 20.4. The number of aromatic carboxylic acids is 1. The van der Waals surface area contributed by atoms with Crippen LogP contribution < -0.4 is 0 Å². The topological polar surface area (TPSA) is 74.7 Å². The van der Waals surface area contributed by atoms with Crippen LogP contribution in [0.2, 0.25) is 0 Å². The summed E-state index contributed by atoms with van der Waals surface area (Å²) in [7, 11) is -1.17. The number of thioether (sulfide) groups is 1. The van der Waals surface area contributed by atoms with Gasteiger partial charge < -0.3 is 5.11 Å². The molecule has 0 saturated heterocycles. The zero-order valence-corrected chi connectivity index (χ0v) is 16.0. The molecule has 0 radical (unpaired) electrons. The van der Waals surface area contributed by atoms with Gasteiger partial charge in [0, 0.05) is 24.7 Å². The molecule has 0 fully saturated rings. The standard InChI is InChI=1S/C17H16F3NO4S2/c1-21(2)27(24,25)15-8-12(16(22)23)7-14(9-15)26-10-11-3-5-13(6-4-11)17(18,19)20/h3-9H,10H2,1-2H3,(H,22,23). The molecule has 0 unspecified atom stereocenters. The molecule has 0 aromatic heterocycles. The molecular weight excluding hydrogens is 403 g/mol. The first-order valence-corrected chi connectivity index (χ1v) is 9.93. The average molecular weight is 419 g/mol. The van der Waals surface area contributed by atoms with Crippen molar-refractivity contribution in [3.8, 4) is 0 Å². The summed E-state index contributed by atoms with van der Waals surface area (Å²) in [6, 6.07) is 8.32. The van der Waals surface area contributed by atoms with E-state index >= 15 is 0 Å². The molecule has 0 saturated carbocycles. The lowest BCUT2D eigenvalue weighted by atomic mass is 10.1. The summed E-state index contributed by atoms with van der Waals surface area (Å²) < 4.78 is 63.3. The molecule has 0 amide bonds. The van der Waals surface area contributed by atoms with Crippen LogP contribution in [0, 0.1) is 0 Å². The summed E-state index contributed by atoms with van der Waals surface area (Å²) in [6.45, 7) is 0. The van der Waals surface area contributed by atoms with Crippen molar-refractivity contribution in [2.75, 3.05) is 14.1 Å². The van der Waals surface area contributed by atoms with E-state index < -0.39 is 27.7 Å². The third-order valence-electron chi connectivity index (χ3n) is 3.59. The SMILES string of the molecule is CN(C)S(=O)(=O)c1cc(SCc2ccc(C(F)(F)F)cc2)cc(C(=O)O)c1. The second kappa shape index (κ2) is 7.91. The van der Waals surface area contributed by atoms with Gasteiger partial charge in [0.25, 0.3) is 0 Å². The van der Waals surface area contributed by atoms with Crippen molar-refractivity contribution in [3.05, 3.63) is 59.2 Å². The van der Waals surface area contributed by atoms with Crippen molar-refractivity contribution in [2.24, 2.45) is 0 Å². The van der Waals surface area contributed by atoms with Gasteiger partial charge in [-0.1, -0.05) is 12.1 Å². The molecule has 0 aliphatic rings. The number of carboxylic acid groups (broad SMARTS) is 1. The summed E-state index contributed by atoms with van der Waals surface area (Å²) in [5.74, 6) is -1.02. The first kappa shape index (κ1) is 21.3. The number of carboxylic acids is 1. The van der Waals surface area contributed by atoms with Crippen LogP contribution in [0.5, 0.6) is 0 Å². The minimum absolute atomic E-state index is 0.165. The van der Waals surface area contributed by atoms with Crippen molar-refractivity contribution in [2.45, 2.75) is 21.7 Å². The second-order valence-electron chi connectivity index (χ2n) is 5.77. The molecule has 10 heteroatoms. The number of carbonyl (C=O) groups is 1. The molecule has 2 rings (SSSR count). The predicted molar refractivity (Wildman–Crippen MR) is 95.3 cm³/mol. The molecule has 0 aliphatic carbocycles. The number of hydrogen-bond donors (Lipinski definition) is 1. The molecular formula is C17H16F3NO4S2. The summed E-state index contributed by atoms with van der Waals surface area (Å²) in [5, 5.41) is 9.21. The maximum atomic E-state index is 12.6. The van der Waals surface area contributed by atoms with Crippen LogP contribution in [0.25, 0.3) is 0 Å². The molecule has 2 aromatic carbocycles. The smallest absolute Gasteiger partial charge is 0.416 e. The van der Waals surface area contributed by atoms with Crippen molar-refractivity contribution < 1.29 is 31.5 Å². The van der Waals surface area contributed by atoms with E-state index in [-0.39, 0.29) is 16.2 Å². The molecule has 0 spiro atoms. The highest BCUT2D eigenvalue weighted by molar-refractivity contribution is 7.98.